The minimum Gasteiger partial charge on any atom is -0.459 e. The number of nitrogens with two attached hydrogens (primary N) is 1. The maximum Gasteiger partial charge on any atom is 0.325 e. The number of hydrogen-bond acceptors (Lipinski definition) is 4. The van der Waals surface area contributed by atoms with Crippen molar-refractivity contribution in [1.82, 2.24) is 5.32 Å². The predicted octanol–water partition coefficient (Wildman–Crippen LogP) is 0.797. The van der Waals surface area contributed by atoms with E-state index in [0.717, 1.165) is 25.8 Å². The van der Waals surface area contributed by atoms with E-state index in [0.29, 0.717) is 0 Å². The van der Waals surface area contributed by atoms with Gasteiger partial charge in [0, 0.05) is 6.04 Å². The van der Waals surface area contributed by atoms with Crippen molar-refractivity contribution in [1.29, 1.82) is 0 Å². The van der Waals surface area contributed by atoms with Crippen LogP contribution in [0.1, 0.15) is 40.0 Å². The third-order valence-corrected chi connectivity index (χ3v) is 2.46. The molecular weight excluding hydrogens is 192 g/mol. The van der Waals surface area contributed by atoms with Gasteiger partial charge in [-0.15, -0.1) is 0 Å². The lowest BCUT2D eigenvalue weighted by atomic mass is 9.98. The molecule has 0 aromatic heterocycles. The molecule has 0 radical (unpaired) electrons. The van der Waals surface area contributed by atoms with Gasteiger partial charge in [-0.05, 0) is 40.2 Å². The van der Waals surface area contributed by atoms with Gasteiger partial charge in [0.2, 0.25) is 0 Å². The van der Waals surface area contributed by atoms with Crippen molar-refractivity contribution in [2.24, 2.45) is 5.73 Å². The number of carbonyl (C=O) groups excluding carboxylic acids is 1. The summed E-state index contributed by atoms with van der Waals surface area (Å²) in [5.74, 6) is -0.304. The van der Waals surface area contributed by atoms with Crippen LogP contribution in [0, 0.1) is 0 Å². The Balaban J connectivity index is 2.44. The Kier molecular flexibility index (Phi) is 4.11. The Hall–Kier alpha value is -0.610. The summed E-state index contributed by atoms with van der Waals surface area (Å²) in [5, 5.41) is 3.26. The van der Waals surface area contributed by atoms with Gasteiger partial charge in [0.1, 0.15) is 11.6 Å². The molecule has 1 saturated heterocycles. The first kappa shape index (κ1) is 12.5. The van der Waals surface area contributed by atoms with Crippen LogP contribution in [0.2, 0.25) is 0 Å². The van der Waals surface area contributed by atoms with E-state index >= 15 is 0 Å². The van der Waals surface area contributed by atoms with E-state index in [-0.39, 0.29) is 12.0 Å². The number of piperidine rings is 1. The van der Waals surface area contributed by atoms with Crippen molar-refractivity contribution in [2.45, 2.75) is 57.7 Å². The van der Waals surface area contributed by atoms with Gasteiger partial charge >= 0.3 is 5.97 Å². The first-order chi connectivity index (χ1) is 6.90. The highest BCUT2D eigenvalue weighted by Crippen LogP contribution is 2.13. The Morgan fingerprint density at radius 1 is 1.47 bits per heavy atom. The fraction of sp³-hybridized carbons (Fsp3) is 0.909. The zero-order valence-electron chi connectivity index (χ0n) is 9.88. The number of carbonyl (C=O) groups is 1. The molecule has 0 spiro atoms. The largest absolute Gasteiger partial charge is 0.459 e. The topological polar surface area (TPSA) is 64.3 Å². The van der Waals surface area contributed by atoms with E-state index in [2.05, 4.69) is 5.32 Å². The lowest BCUT2D eigenvalue weighted by molar-refractivity contribution is -0.157. The Morgan fingerprint density at radius 2 is 2.13 bits per heavy atom. The van der Waals surface area contributed by atoms with Gasteiger partial charge in [0.15, 0.2) is 0 Å². The number of rotatable bonds is 2. The quantitative estimate of drug-likeness (QED) is 0.667. The molecule has 0 bridgehead atoms. The summed E-state index contributed by atoms with van der Waals surface area (Å²) >= 11 is 0. The minimum absolute atomic E-state index is 0.0774. The molecule has 1 heterocycles. The second-order valence-electron chi connectivity index (χ2n) is 5.12. The second kappa shape index (κ2) is 4.94. The molecule has 1 rings (SSSR count). The van der Waals surface area contributed by atoms with E-state index in [1.807, 2.05) is 20.8 Å². The van der Waals surface area contributed by atoms with E-state index in [9.17, 15) is 4.79 Å². The first-order valence-electron chi connectivity index (χ1n) is 5.62. The van der Waals surface area contributed by atoms with Crippen molar-refractivity contribution in [3.05, 3.63) is 0 Å². The third kappa shape index (κ3) is 4.18. The number of ether oxygens (including phenoxy) is 1. The third-order valence-electron chi connectivity index (χ3n) is 2.46. The van der Waals surface area contributed by atoms with Crippen LogP contribution in [-0.2, 0) is 9.53 Å². The molecule has 2 atom stereocenters. The van der Waals surface area contributed by atoms with E-state index in [4.69, 9.17) is 10.5 Å². The van der Waals surface area contributed by atoms with Gasteiger partial charge in [-0.3, -0.25) is 4.79 Å². The maximum absolute atomic E-state index is 11.7. The zero-order valence-corrected chi connectivity index (χ0v) is 9.88. The summed E-state index contributed by atoms with van der Waals surface area (Å²) in [6.45, 7) is 6.50. The Bertz CT molecular complexity index is 217. The van der Waals surface area contributed by atoms with Crippen LogP contribution < -0.4 is 11.1 Å². The highest BCUT2D eigenvalue weighted by Gasteiger charge is 2.29. The van der Waals surface area contributed by atoms with Gasteiger partial charge in [-0.1, -0.05) is 6.42 Å². The standard InChI is InChI=1S/C11H22N2O2/c1-11(2,3)15-10(14)9(12)8-6-4-5-7-13-8/h8-9,13H,4-7,12H2,1-3H3/t8-,9-/m0/s1. The molecular formula is C11H22N2O2. The van der Waals surface area contributed by atoms with Crippen molar-refractivity contribution < 1.29 is 9.53 Å². The summed E-state index contributed by atoms with van der Waals surface area (Å²) in [7, 11) is 0. The molecule has 4 heteroatoms. The average Bonchev–Trinajstić information content (AvgIpc) is 2.15. The van der Waals surface area contributed by atoms with Gasteiger partial charge in [0.05, 0.1) is 0 Å². The van der Waals surface area contributed by atoms with Gasteiger partial charge in [-0.2, -0.15) is 0 Å². The first-order valence-corrected chi connectivity index (χ1v) is 5.62. The Morgan fingerprint density at radius 3 is 2.60 bits per heavy atom. The molecule has 4 nitrogen and oxygen atoms in total. The van der Waals surface area contributed by atoms with E-state index < -0.39 is 11.6 Å². The highest BCUT2D eigenvalue weighted by molar-refractivity contribution is 5.76. The molecule has 0 aliphatic carbocycles. The molecule has 88 valence electrons. The number of hydrogen-bond donors (Lipinski definition) is 2. The van der Waals surface area contributed by atoms with Crippen LogP contribution in [0.4, 0.5) is 0 Å². The fourth-order valence-electron chi connectivity index (χ4n) is 1.72. The number of esters is 1. The molecule has 3 N–H and O–H groups in total. The molecule has 15 heavy (non-hydrogen) atoms. The summed E-state index contributed by atoms with van der Waals surface area (Å²) in [6.07, 6.45) is 3.26. The van der Waals surface area contributed by atoms with Crippen LogP contribution in [0.3, 0.4) is 0 Å². The van der Waals surface area contributed by atoms with Crippen molar-refractivity contribution >= 4 is 5.97 Å². The molecule has 1 fully saturated rings. The molecule has 0 saturated carbocycles. The number of nitrogens with one attached hydrogen (secondary N) is 1. The van der Waals surface area contributed by atoms with Crippen LogP contribution in [0.15, 0.2) is 0 Å². The molecule has 0 amide bonds. The van der Waals surface area contributed by atoms with Crippen LogP contribution in [0.5, 0.6) is 0 Å². The zero-order chi connectivity index (χ0) is 11.5. The second-order valence-corrected chi connectivity index (χ2v) is 5.12. The van der Waals surface area contributed by atoms with Gasteiger partial charge in [-0.25, -0.2) is 0 Å². The fourth-order valence-corrected chi connectivity index (χ4v) is 1.72. The van der Waals surface area contributed by atoms with E-state index in [1.54, 1.807) is 0 Å². The lowest BCUT2D eigenvalue weighted by Gasteiger charge is -2.29. The molecule has 0 aromatic carbocycles. The SMILES string of the molecule is CC(C)(C)OC(=O)[C@@H](N)[C@@H]1CCCCN1. The molecule has 1 aliphatic heterocycles. The summed E-state index contributed by atoms with van der Waals surface area (Å²) < 4.78 is 5.25. The molecule has 0 aromatic rings. The summed E-state index contributed by atoms with van der Waals surface area (Å²) in [4.78, 5) is 11.7. The smallest absolute Gasteiger partial charge is 0.325 e. The minimum atomic E-state index is -0.537. The van der Waals surface area contributed by atoms with Crippen LogP contribution in [0.25, 0.3) is 0 Å². The normalized spacial score (nSPS) is 24.7. The monoisotopic (exact) mass is 214 g/mol. The predicted molar refractivity (Wildman–Crippen MR) is 59.5 cm³/mol. The van der Waals surface area contributed by atoms with E-state index in [1.165, 1.54) is 0 Å². The van der Waals surface area contributed by atoms with Crippen molar-refractivity contribution in [2.75, 3.05) is 6.54 Å². The molecule has 1 aliphatic rings. The van der Waals surface area contributed by atoms with Crippen molar-refractivity contribution in [3.8, 4) is 0 Å². The average molecular weight is 214 g/mol. The van der Waals surface area contributed by atoms with Gasteiger partial charge in [0.25, 0.3) is 0 Å². The lowest BCUT2D eigenvalue weighted by Crippen LogP contribution is -2.53. The Labute approximate surface area is 91.5 Å². The van der Waals surface area contributed by atoms with Crippen LogP contribution >= 0.6 is 0 Å². The van der Waals surface area contributed by atoms with Crippen molar-refractivity contribution in [3.63, 3.8) is 0 Å². The summed E-state index contributed by atoms with van der Waals surface area (Å²) in [5.41, 5.74) is 5.41. The maximum atomic E-state index is 11.7. The highest BCUT2D eigenvalue weighted by atomic mass is 16.6. The van der Waals surface area contributed by atoms with Gasteiger partial charge < -0.3 is 15.8 Å². The molecule has 0 unspecified atom stereocenters. The van der Waals surface area contributed by atoms with Crippen LogP contribution in [-0.4, -0.2) is 30.2 Å². The summed E-state index contributed by atoms with van der Waals surface area (Å²) in [6, 6.07) is -0.460.